The van der Waals surface area contributed by atoms with Gasteiger partial charge in [-0.05, 0) is 47.0 Å². The zero-order chi connectivity index (χ0) is 15.5. The number of hydrogen-bond acceptors (Lipinski definition) is 4. The molecule has 1 unspecified atom stereocenters. The molecule has 0 aliphatic carbocycles. The predicted molar refractivity (Wildman–Crippen MR) is 84.8 cm³/mol. The summed E-state index contributed by atoms with van der Waals surface area (Å²) in [6, 6.07) is 9.43. The highest BCUT2D eigenvalue weighted by atomic mass is 35.5. The van der Waals surface area contributed by atoms with Crippen LogP contribution in [0.25, 0.3) is 11.1 Å². The first-order valence-electron chi connectivity index (χ1n) is 7.01. The number of benzene rings is 1. The summed E-state index contributed by atoms with van der Waals surface area (Å²) in [5.41, 5.74) is 8.34. The van der Waals surface area contributed by atoms with Crippen molar-refractivity contribution >= 4 is 17.5 Å². The van der Waals surface area contributed by atoms with Crippen molar-refractivity contribution in [1.82, 2.24) is 10.3 Å². The molecule has 1 amide bonds. The Morgan fingerprint density at radius 3 is 2.91 bits per heavy atom. The fourth-order valence-electron chi connectivity index (χ4n) is 2.50. The lowest BCUT2D eigenvalue weighted by molar-refractivity contribution is 0.0769. The van der Waals surface area contributed by atoms with Crippen LogP contribution in [0.3, 0.4) is 0 Å². The van der Waals surface area contributed by atoms with Crippen LogP contribution >= 0.6 is 11.6 Å². The van der Waals surface area contributed by atoms with Crippen LogP contribution < -0.4 is 11.1 Å². The Balaban J connectivity index is 1.98. The highest BCUT2D eigenvalue weighted by Crippen LogP contribution is 2.28. The summed E-state index contributed by atoms with van der Waals surface area (Å²) < 4.78 is 5.50. The van der Waals surface area contributed by atoms with Gasteiger partial charge in [0.05, 0.1) is 19.3 Å². The Bertz CT molecular complexity index is 700. The first kappa shape index (κ1) is 15.0. The quantitative estimate of drug-likeness (QED) is 0.909. The van der Waals surface area contributed by atoms with Crippen molar-refractivity contribution < 1.29 is 9.53 Å². The number of morpholine rings is 1. The minimum Gasteiger partial charge on any atom is -0.378 e. The van der Waals surface area contributed by atoms with Gasteiger partial charge in [0.2, 0.25) is 0 Å². The van der Waals surface area contributed by atoms with Crippen LogP contribution in [0.1, 0.15) is 22.1 Å². The lowest BCUT2D eigenvalue weighted by Gasteiger charge is -2.24. The molecular weight excluding hydrogens is 302 g/mol. The maximum Gasteiger partial charge on any atom is 0.267 e. The van der Waals surface area contributed by atoms with Crippen molar-refractivity contribution in [2.45, 2.75) is 6.04 Å². The van der Waals surface area contributed by atoms with Gasteiger partial charge in [-0.15, -0.1) is 0 Å². The summed E-state index contributed by atoms with van der Waals surface area (Å²) in [5, 5.41) is 4.04. The molecule has 1 saturated heterocycles. The molecule has 3 rings (SSSR count). The van der Waals surface area contributed by atoms with Crippen LogP contribution in [0.5, 0.6) is 0 Å². The molecule has 0 spiro atoms. The molecule has 6 heteroatoms. The van der Waals surface area contributed by atoms with Gasteiger partial charge in [0.25, 0.3) is 5.91 Å². The van der Waals surface area contributed by atoms with E-state index in [1.165, 1.54) is 0 Å². The fraction of sp³-hybridized carbons (Fsp3) is 0.250. The zero-order valence-electron chi connectivity index (χ0n) is 11.9. The molecule has 0 saturated carbocycles. The monoisotopic (exact) mass is 317 g/mol. The smallest absolute Gasteiger partial charge is 0.267 e. The number of amides is 1. The van der Waals surface area contributed by atoms with E-state index in [0.717, 1.165) is 29.8 Å². The van der Waals surface area contributed by atoms with E-state index in [0.29, 0.717) is 11.6 Å². The van der Waals surface area contributed by atoms with Crippen LogP contribution in [0, 0.1) is 0 Å². The zero-order valence-corrected chi connectivity index (χ0v) is 12.6. The van der Waals surface area contributed by atoms with Crippen LogP contribution in [0.2, 0.25) is 5.02 Å². The average molecular weight is 318 g/mol. The van der Waals surface area contributed by atoms with E-state index >= 15 is 0 Å². The number of carbonyl (C=O) groups is 1. The number of carbonyl (C=O) groups excluding carboxylic acids is 1. The maximum absolute atomic E-state index is 11.3. The molecule has 3 N–H and O–H groups in total. The Labute approximate surface area is 133 Å². The van der Waals surface area contributed by atoms with Gasteiger partial charge in [-0.1, -0.05) is 11.6 Å². The van der Waals surface area contributed by atoms with Crippen LogP contribution in [-0.2, 0) is 4.74 Å². The molecule has 22 heavy (non-hydrogen) atoms. The molecule has 114 valence electrons. The Kier molecular flexibility index (Phi) is 4.38. The van der Waals surface area contributed by atoms with Gasteiger partial charge in [-0.3, -0.25) is 9.78 Å². The Hall–Kier alpha value is -1.95. The van der Waals surface area contributed by atoms with Gasteiger partial charge in [-0.2, -0.15) is 0 Å². The van der Waals surface area contributed by atoms with Crippen LogP contribution in [0.4, 0.5) is 0 Å². The van der Waals surface area contributed by atoms with Gasteiger partial charge in [0.1, 0.15) is 5.69 Å². The second kappa shape index (κ2) is 6.44. The molecule has 5 nitrogen and oxygen atoms in total. The van der Waals surface area contributed by atoms with Gasteiger partial charge >= 0.3 is 0 Å². The molecule has 1 atom stereocenters. The van der Waals surface area contributed by atoms with E-state index in [1.807, 2.05) is 24.3 Å². The lowest BCUT2D eigenvalue weighted by Crippen LogP contribution is -2.34. The van der Waals surface area contributed by atoms with Gasteiger partial charge in [-0.25, -0.2) is 0 Å². The topological polar surface area (TPSA) is 77.2 Å². The van der Waals surface area contributed by atoms with E-state index in [-0.39, 0.29) is 11.7 Å². The molecule has 2 aromatic rings. The molecule has 2 heterocycles. The predicted octanol–water partition coefficient (Wildman–Crippen LogP) is 2.16. The van der Waals surface area contributed by atoms with Crippen LogP contribution in [0.15, 0.2) is 36.5 Å². The van der Waals surface area contributed by atoms with Crippen molar-refractivity contribution in [3.8, 4) is 11.1 Å². The number of hydrogen-bond donors (Lipinski definition) is 2. The van der Waals surface area contributed by atoms with Crippen molar-refractivity contribution in [2.75, 3.05) is 19.8 Å². The van der Waals surface area contributed by atoms with Gasteiger partial charge in [0.15, 0.2) is 0 Å². The number of pyridine rings is 1. The third kappa shape index (κ3) is 3.27. The van der Waals surface area contributed by atoms with Crippen molar-refractivity contribution in [3.63, 3.8) is 0 Å². The number of aromatic nitrogens is 1. The molecule has 1 aromatic carbocycles. The number of nitrogens with zero attached hydrogens (tertiary/aromatic N) is 1. The van der Waals surface area contributed by atoms with E-state index in [9.17, 15) is 4.79 Å². The number of halogens is 1. The highest BCUT2D eigenvalue weighted by Gasteiger charge is 2.17. The number of ether oxygens (including phenoxy) is 1. The minimum absolute atomic E-state index is 0.114. The summed E-state index contributed by atoms with van der Waals surface area (Å²) in [5.74, 6) is -0.550. The molecule has 1 aliphatic heterocycles. The standard InChI is InChI=1S/C16H16ClN3O2/c17-13-6-11(10-1-2-19-14(8-10)16(18)21)5-12(7-13)15-9-22-4-3-20-15/h1-2,5-8,15,20H,3-4,9H2,(H2,18,21). The molecule has 0 radical (unpaired) electrons. The third-order valence-corrected chi connectivity index (χ3v) is 3.81. The first-order chi connectivity index (χ1) is 10.6. The van der Waals surface area contributed by atoms with Gasteiger partial charge in [0, 0.05) is 17.8 Å². The van der Waals surface area contributed by atoms with Crippen LogP contribution in [-0.4, -0.2) is 30.6 Å². The second-order valence-corrected chi connectivity index (χ2v) is 5.59. The Morgan fingerprint density at radius 2 is 2.18 bits per heavy atom. The molecule has 0 bridgehead atoms. The molecular formula is C16H16ClN3O2. The maximum atomic E-state index is 11.3. The van der Waals surface area contributed by atoms with E-state index in [2.05, 4.69) is 10.3 Å². The third-order valence-electron chi connectivity index (χ3n) is 3.59. The number of nitrogens with one attached hydrogen (secondary N) is 1. The molecule has 1 aliphatic rings. The summed E-state index contributed by atoms with van der Waals surface area (Å²) in [4.78, 5) is 15.2. The summed E-state index contributed by atoms with van der Waals surface area (Å²) in [7, 11) is 0. The normalized spacial score (nSPS) is 18.1. The summed E-state index contributed by atoms with van der Waals surface area (Å²) in [6.45, 7) is 2.15. The second-order valence-electron chi connectivity index (χ2n) is 5.15. The number of primary amides is 1. The minimum atomic E-state index is -0.550. The number of nitrogens with two attached hydrogens (primary N) is 1. The van der Waals surface area contributed by atoms with Gasteiger partial charge < -0.3 is 15.8 Å². The summed E-state index contributed by atoms with van der Waals surface area (Å²) in [6.07, 6.45) is 1.57. The highest BCUT2D eigenvalue weighted by molar-refractivity contribution is 6.31. The van der Waals surface area contributed by atoms with E-state index in [4.69, 9.17) is 22.1 Å². The fourth-order valence-corrected chi connectivity index (χ4v) is 2.75. The average Bonchev–Trinajstić information content (AvgIpc) is 2.55. The van der Waals surface area contributed by atoms with E-state index < -0.39 is 5.91 Å². The first-order valence-corrected chi connectivity index (χ1v) is 7.39. The number of rotatable bonds is 3. The SMILES string of the molecule is NC(=O)c1cc(-c2cc(Cl)cc(C3COCCN3)c2)ccn1. The van der Waals surface area contributed by atoms with Crippen molar-refractivity contribution in [3.05, 3.63) is 52.8 Å². The Morgan fingerprint density at radius 1 is 1.32 bits per heavy atom. The lowest BCUT2D eigenvalue weighted by atomic mass is 9.99. The molecule has 1 aromatic heterocycles. The molecule has 1 fully saturated rings. The van der Waals surface area contributed by atoms with E-state index in [1.54, 1.807) is 12.3 Å². The van der Waals surface area contributed by atoms with Crippen molar-refractivity contribution in [1.29, 1.82) is 0 Å². The van der Waals surface area contributed by atoms with Crippen molar-refractivity contribution in [2.24, 2.45) is 5.73 Å². The summed E-state index contributed by atoms with van der Waals surface area (Å²) >= 11 is 6.25. The largest absolute Gasteiger partial charge is 0.378 e.